The molecule has 0 aliphatic rings. The Labute approximate surface area is 100 Å². The van der Waals surface area contributed by atoms with E-state index in [1.54, 1.807) is 11.1 Å². The number of para-hydroxylation sites is 1. The quantitative estimate of drug-likeness (QED) is 0.801. The second-order valence-corrected chi connectivity index (χ2v) is 3.77. The van der Waals surface area contributed by atoms with Gasteiger partial charge in [0, 0.05) is 23.6 Å². The summed E-state index contributed by atoms with van der Waals surface area (Å²) in [5.74, 6) is 2.48. The van der Waals surface area contributed by atoms with Crippen LogP contribution in [0.4, 0.5) is 0 Å². The zero-order valence-electron chi connectivity index (χ0n) is 9.73. The maximum atomic E-state index is 12.3. The summed E-state index contributed by atoms with van der Waals surface area (Å²) in [7, 11) is 0. The van der Waals surface area contributed by atoms with E-state index in [1.165, 1.54) is 0 Å². The number of carbonyl (C=O) groups is 1. The van der Waals surface area contributed by atoms with Crippen molar-refractivity contribution < 1.29 is 4.79 Å². The number of hydrogen-bond donors (Lipinski definition) is 1. The zero-order chi connectivity index (χ0) is 12.3. The maximum Gasteiger partial charge on any atom is 0.256 e. The van der Waals surface area contributed by atoms with Crippen LogP contribution in [0, 0.1) is 12.3 Å². The number of amides is 1. The molecule has 0 fully saturated rings. The summed E-state index contributed by atoms with van der Waals surface area (Å²) in [4.78, 5) is 17.0. The summed E-state index contributed by atoms with van der Waals surface area (Å²) in [6, 6.07) is 7.74. The average molecular weight is 226 g/mol. The smallest absolute Gasteiger partial charge is 0.256 e. The van der Waals surface area contributed by atoms with Gasteiger partial charge in [0.25, 0.3) is 5.91 Å². The summed E-state index contributed by atoms with van der Waals surface area (Å²) in [5, 5.41) is 0.938. The number of benzene rings is 1. The maximum absolute atomic E-state index is 12.3. The molecule has 2 aromatic rings. The van der Waals surface area contributed by atoms with Gasteiger partial charge in [-0.25, -0.2) is 0 Å². The van der Waals surface area contributed by atoms with Crippen LogP contribution in [0.25, 0.3) is 10.9 Å². The van der Waals surface area contributed by atoms with Crippen LogP contribution in [0.2, 0.25) is 0 Å². The first-order chi connectivity index (χ1) is 8.27. The fourth-order valence-electron chi connectivity index (χ4n) is 1.86. The molecule has 1 heterocycles. The monoisotopic (exact) mass is 226 g/mol. The van der Waals surface area contributed by atoms with Gasteiger partial charge >= 0.3 is 0 Å². The average Bonchev–Trinajstić information content (AvgIpc) is 2.79. The summed E-state index contributed by atoms with van der Waals surface area (Å²) in [5.41, 5.74) is 1.64. The number of aromatic nitrogens is 1. The Bertz CT molecular complexity index is 577. The van der Waals surface area contributed by atoms with Crippen molar-refractivity contribution in [1.82, 2.24) is 9.88 Å². The van der Waals surface area contributed by atoms with Gasteiger partial charge in [0.15, 0.2) is 0 Å². The van der Waals surface area contributed by atoms with E-state index in [2.05, 4.69) is 10.9 Å². The molecule has 1 amide bonds. The van der Waals surface area contributed by atoms with E-state index in [4.69, 9.17) is 6.42 Å². The van der Waals surface area contributed by atoms with E-state index in [1.807, 2.05) is 31.2 Å². The van der Waals surface area contributed by atoms with E-state index >= 15 is 0 Å². The molecule has 0 saturated heterocycles. The number of nitrogens with zero attached hydrogens (tertiary/aromatic N) is 1. The van der Waals surface area contributed by atoms with Gasteiger partial charge in [-0.15, -0.1) is 6.42 Å². The predicted octanol–water partition coefficient (Wildman–Crippen LogP) is 2.26. The van der Waals surface area contributed by atoms with Crippen molar-refractivity contribution >= 4 is 16.8 Å². The highest BCUT2D eigenvalue weighted by Gasteiger charge is 2.16. The lowest BCUT2D eigenvalue weighted by atomic mass is 10.1. The third-order valence-corrected chi connectivity index (χ3v) is 2.77. The number of aromatic amines is 1. The topological polar surface area (TPSA) is 36.1 Å². The minimum atomic E-state index is -0.0251. The predicted molar refractivity (Wildman–Crippen MR) is 68.7 cm³/mol. The van der Waals surface area contributed by atoms with Crippen molar-refractivity contribution in [2.24, 2.45) is 0 Å². The SMILES string of the molecule is C#CCN(CC)C(=O)c1c[nH]c2ccccc12. The molecule has 0 radical (unpaired) electrons. The van der Waals surface area contributed by atoms with Crippen LogP contribution in [0.15, 0.2) is 30.5 Å². The fraction of sp³-hybridized carbons (Fsp3) is 0.214. The standard InChI is InChI=1S/C14H14N2O/c1-3-9-16(4-2)14(17)12-10-15-13-8-6-5-7-11(12)13/h1,5-8,10,15H,4,9H2,2H3. The van der Waals surface area contributed by atoms with Crippen molar-refractivity contribution in [1.29, 1.82) is 0 Å². The molecule has 1 aromatic heterocycles. The summed E-state index contributed by atoms with van der Waals surface area (Å²) in [6.45, 7) is 2.88. The molecule has 86 valence electrons. The molecule has 0 aliphatic carbocycles. The Hall–Kier alpha value is -2.21. The van der Waals surface area contributed by atoms with Crippen molar-refractivity contribution in [2.75, 3.05) is 13.1 Å². The van der Waals surface area contributed by atoms with Crippen LogP contribution >= 0.6 is 0 Å². The molecule has 3 heteroatoms. The lowest BCUT2D eigenvalue weighted by Crippen LogP contribution is -2.30. The van der Waals surface area contributed by atoms with Crippen molar-refractivity contribution in [3.05, 3.63) is 36.0 Å². The Balaban J connectivity index is 2.40. The fourth-order valence-corrected chi connectivity index (χ4v) is 1.86. The highest BCUT2D eigenvalue weighted by atomic mass is 16.2. The van der Waals surface area contributed by atoms with Gasteiger partial charge in [0.1, 0.15) is 0 Å². The van der Waals surface area contributed by atoms with E-state index in [9.17, 15) is 4.79 Å². The number of hydrogen-bond acceptors (Lipinski definition) is 1. The number of H-pyrrole nitrogens is 1. The van der Waals surface area contributed by atoms with Gasteiger partial charge in [-0.2, -0.15) is 0 Å². The molecule has 0 atom stereocenters. The van der Waals surface area contributed by atoms with Gasteiger partial charge < -0.3 is 9.88 Å². The number of rotatable bonds is 3. The van der Waals surface area contributed by atoms with Gasteiger partial charge in [0.2, 0.25) is 0 Å². The first-order valence-corrected chi connectivity index (χ1v) is 5.56. The molecule has 1 aromatic carbocycles. The van der Waals surface area contributed by atoms with Crippen LogP contribution in [0.3, 0.4) is 0 Å². The number of nitrogens with one attached hydrogen (secondary N) is 1. The molecule has 17 heavy (non-hydrogen) atoms. The number of terminal acetylenes is 1. The Morgan fingerprint density at radius 1 is 1.47 bits per heavy atom. The van der Waals surface area contributed by atoms with Crippen LogP contribution in [-0.4, -0.2) is 28.9 Å². The molecule has 0 aliphatic heterocycles. The van der Waals surface area contributed by atoms with Gasteiger partial charge in [-0.05, 0) is 13.0 Å². The highest BCUT2D eigenvalue weighted by Crippen LogP contribution is 2.19. The van der Waals surface area contributed by atoms with Gasteiger partial charge in [-0.3, -0.25) is 4.79 Å². The van der Waals surface area contributed by atoms with E-state index < -0.39 is 0 Å². The Kier molecular flexibility index (Phi) is 3.15. The minimum absolute atomic E-state index is 0.0251. The minimum Gasteiger partial charge on any atom is -0.360 e. The molecular weight excluding hydrogens is 212 g/mol. The van der Waals surface area contributed by atoms with Crippen molar-refractivity contribution in [3.63, 3.8) is 0 Å². The number of carbonyl (C=O) groups excluding carboxylic acids is 1. The zero-order valence-corrected chi connectivity index (χ0v) is 9.73. The highest BCUT2D eigenvalue weighted by molar-refractivity contribution is 6.06. The molecule has 0 unspecified atom stereocenters. The lowest BCUT2D eigenvalue weighted by molar-refractivity contribution is 0.0787. The van der Waals surface area contributed by atoms with E-state index in [0.717, 1.165) is 10.9 Å². The van der Waals surface area contributed by atoms with Crippen LogP contribution < -0.4 is 0 Å². The molecular formula is C14H14N2O. The summed E-state index contributed by atoms with van der Waals surface area (Å²) in [6.07, 6.45) is 7.00. The van der Waals surface area contributed by atoms with Crippen molar-refractivity contribution in [3.8, 4) is 12.3 Å². The van der Waals surface area contributed by atoms with Gasteiger partial charge in [-0.1, -0.05) is 24.1 Å². The first kappa shape index (κ1) is 11.3. The summed E-state index contributed by atoms with van der Waals surface area (Å²) >= 11 is 0. The van der Waals surface area contributed by atoms with Crippen molar-refractivity contribution in [2.45, 2.75) is 6.92 Å². The van der Waals surface area contributed by atoms with Crippen LogP contribution in [0.1, 0.15) is 17.3 Å². The molecule has 0 spiro atoms. The molecule has 3 nitrogen and oxygen atoms in total. The third kappa shape index (κ3) is 2.02. The second kappa shape index (κ2) is 4.75. The third-order valence-electron chi connectivity index (χ3n) is 2.77. The largest absolute Gasteiger partial charge is 0.360 e. The molecule has 1 N–H and O–H groups in total. The van der Waals surface area contributed by atoms with Gasteiger partial charge in [0.05, 0.1) is 12.1 Å². The second-order valence-electron chi connectivity index (χ2n) is 3.77. The lowest BCUT2D eigenvalue weighted by Gasteiger charge is -2.17. The summed E-state index contributed by atoms with van der Waals surface area (Å²) < 4.78 is 0. The van der Waals surface area contributed by atoms with E-state index in [0.29, 0.717) is 18.7 Å². The first-order valence-electron chi connectivity index (χ1n) is 5.56. The molecule has 0 bridgehead atoms. The molecule has 0 saturated carbocycles. The van der Waals surface area contributed by atoms with Crippen LogP contribution in [0.5, 0.6) is 0 Å². The number of fused-ring (bicyclic) bond motifs is 1. The van der Waals surface area contributed by atoms with E-state index in [-0.39, 0.29) is 5.91 Å². The Morgan fingerprint density at radius 3 is 2.94 bits per heavy atom. The Morgan fingerprint density at radius 2 is 2.24 bits per heavy atom. The van der Waals surface area contributed by atoms with Crippen LogP contribution in [-0.2, 0) is 0 Å². The normalized spacial score (nSPS) is 10.1. The molecule has 2 rings (SSSR count).